The Kier molecular flexibility index (Phi) is 4.76. The molecule has 0 aromatic heterocycles. The van der Waals surface area contributed by atoms with Gasteiger partial charge in [-0.15, -0.1) is 0 Å². The molecule has 0 spiro atoms. The fourth-order valence-electron chi connectivity index (χ4n) is 3.49. The molecule has 2 aromatic rings. The zero-order chi connectivity index (χ0) is 14.5. The highest BCUT2D eigenvalue weighted by Crippen LogP contribution is 2.28. The Bertz CT molecular complexity index is 569. The van der Waals surface area contributed by atoms with Crippen LogP contribution in [0, 0.1) is 5.92 Å². The van der Waals surface area contributed by atoms with E-state index in [1.54, 1.807) is 0 Å². The van der Waals surface area contributed by atoms with Gasteiger partial charge in [-0.25, -0.2) is 0 Å². The van der Waals surface area contributed by atoms with Crippen LogP contribution >= 0.6 is 0 Å². The van der Waals surface area contributed by atoms with E-state index < -0.39 is 0 Å². The first-order valence-corrected chi connectivity index (χ1v) is 8.16. The SMILES string of the molecule is CNC(COc1cccc2ccccc12)C1CCCCC1. The van der Waals surface area contributed by atoms with Crippen molar-refractivity contribution in [2.45, 2.75) is 38.1 Å². The van der Waals surface area contributed by atoms with Gasteiger partial charge in [0.1, 0.15) is 12.4 Å². The quantitative estimate of drug-likeness (QED) is 0.879. The van der Waals surface area contributed by atoms with Crippen LogP contribution in [0.4, 0.5) is 0 Å². The van der Waals surface area contributed by atoms with Crippen molar-refractivity contribution in [2.75, 3.05) is 13.7 Å². The van der Waals surface area contributed by atoms with Crippen LogP contribution in [0.3, 0.4) is 0 Å². The van der Waals surface area contributed by atoms with Crippen molar-refractivity contribution < 1.29 is 4.74 Å². The van der Waals surface area contributed by atoms with Crippen molar-refractivity contribution in [2.24, 2.45) is 5.92 Å². The largest absolute Gasteiger partial charge is 0.491 e. The third-order valence-corrected chi connectivity index (χ3v) is 4.76. The van der Waals surface area contributed by atoms with Crippen molar-refractivity contribution in [3.8, 4) is 5.75 Å². The van der Waals surface area contributed by atoms with Crippen LogP contribution < -0.4 is 10.1 Å². The lowest BCUT2D eigenvalue weighted by atomic mass is 9.84. The normalized spacial score (nSPS) is 17.8. The topological polar surface area (TPSA) is 21.3 Å². The summed E-state index contributed by atoms with van der Waals surface area (Å²) >= 11 is 0. The third kappa shape index (κ3) is 3.38. The van der Waals surface area contributed by atoms with E-state index in [-0.39, 0.29) is 0 Å². The second-order valence-electron chi connectivity index (χ2n) is 6.08. The Balaban J connectivity index is 1.70. The first-order valence-electron chi connectivity index (χ1n) is 8.16. The first-order chi connectivity index (χ1) is 10.4. The van der Waals surface area contributed by atoms with Gasteiger partial charge in [0.25, 0.3) is 0 Å². The predicted molar refractivity (Wildman–Crippen MR) is 88.9 cm³/mol. The first kappa shape index (κ1) is 14.4. The number of nitrogens with one attached hydrogen (secondary N) is 1. The van der Waals surface area contributed by atoms with E-state index in [1.807, 2.05) is 0 Å². The van der Waals surface area contributed by atoms with E-state index >= 15 is 0 Å². The molecule has 0 saturated heterocycles. The molecule has 1 aliphatic carbocycles. The molecule has 0 heterocycles. The van der Waals surface area contributed by atoms with Crippen molar-refractivity contribution in [1.82, 2.24) is 5.32 Å². The Morgan fingerprint density at radius 3 is 2.62 bits per heavy atom. The van der Waals surface area contributed by atoms with Gasteiger partial charge in [0.05, 0.1) is 0 Å². The zero-order valence-corrected chi connectivity index (χ0v) is 12.8. The van der Waals surface area contributed by atoms with Crippen LogP contribution in [0.1, 0.15) is 32.1 Å². The predicted octanol–water partition coefficient (Wildman–Crippen LogP) is 4.39. The van der Waals surface area contributed by atoms with Gasteiger partial charge in [0.15, 0.2) is 0 Å². The highest BCUT2D eigenvalue weighted by Gasteiger charge is 2.22. The summed E-state index contributed by atoms with van der Waals surface area (Å²) in [6.45, 7) is 0.759. The van der Waals surface area contributed by atoms with Crippen LogP contribution in [0.2, 0.25) is 0 Å². The van der Waals surface area contributed by atoms with E-state index in [4.69, 9.17) is 4.74 Å². The minimum Gasteiger partial charge on any atom is -0.491 e. The fourth-order valence-corrected chi connectivity index (χ4v) is 3.49. The second-order valence-corrected chi connectivity index (χ2v) is 6.08. The molecule has 0 aliphatic heterocycles. The molecule has 1 unspecified atom stereocenters. The van der Waals surface area contributed by atoms with E-state index in [1.165, 1.54) is 42.9 Å². The van der Waals surface area contributed by atoms with Gasteiger partial charge < -0.3 is 10.1 Å². The summed E-state index contributed by atoms with van der Waals surface area (Å²) in [7, 11) is 2.06. The van der Waals surface area contributed by atoms with E-state index in [0.717, 1.165) is 18.3 Å². The molecule has 0 bridgehead atoms. The van der Waals surface area contributed by atoms with Gasteiger partial charge >= 0.3 is 0 Å². The van der Waals surface area contributed by atoms with Crippen molar-refractivity contribution in [3.63, 3.8) is 0 Å². The molecule has 2 aromatic carbocycles. The molecular weight excluding hydrogens is 258 g/mol. The maximum Gasteiger partial charge on any atom is 0.127 e. The molecule has 0 amide bonds. The number of benzene rings is 2. The average Bonchev–Trinajstić information content (AvgIpc) is 2.56. The van der Waals surface area contributed by atoms with Gasteiger partial charge in [-0.05, 0) is 37.3 Å². The lowest BCUT2D eigenvalue weighted by molar-refractivity contribution is 0.194. The fraction of sp³-hybridized carbons (Fsp3) is 0.474. The minimum atomic E-state index is 0.462. The molecule has 112 valence electrons. The number of rotatable bonds is 5. The summed E-state index contributed by atoms with van der Waals surface area (Å²) < 4.78 is 6.16. The molecular formula is C19H25NO. The van der Waals surface area contributed by atoms with Crippen LogP contribution in [-0.2, 0) is 0 Å². The van der Waals surface area contributed by atoms with Crippen molar-refractivity contribution in [1.29, 1.82) is 0 Å². The monoisotopic (exact) mass is 283 g/mol. The summed E-state index contributed by atoms with van der Waals surface area (Å²) in [6, 6.07) is 15.2. The highest BCUT2D eigenvalue weighted by molar-refractivity contribution is 5.88. The Morgan fingerprint density at radius 2 is 1.81 bits per heavy atom. The van der Waals surface area contributed by atoms with Crippen LogP contribution in [0.5, 0.6) is 5.75 Å². The van der Waals surface area contributed by atoms with Crippen LogP contribution in [0.25, 0.3) is 10.8 Å². The van der Waals surface area contributed by atoms with Gasteiger partial charge in [0.2, 0.25) is 0 Å². The summed E-state index contributed by atoms with van der Waals surface area (Å²) in [6.07, 6.45) is 6.82. The maximum absolute atomic E-state index is 6.16. The van der Waals surface area contributed by atoms with Gasteiger partial charge in [-0.2, -0.15) is 0 Å². The summed E-state index contributed by atoms with van der Waals surface area (Å²) in [4.78, 5) is 0. The van der Waals surface area contributed by atoms with Crippen molar-refractivity contribution in [3.05, 3.63) is 42.5 Å². The molecule has 1 N–H and O–H groups in total. The van der Waals surface area contributed by atoms with Crippen molar-refractivity contribution >= 4 is 10.8 Å². The van der Waals surface area contributed by atoms with Gasteiger partial charge in [0, 0.05) is 11.4 Å². The van der Waals surface area contributed by atoms with Crippen LogP contribution in [-0.4, -0.2) is 19.7 Å². The third-order valence-electron chi connectivity index (χ3n) is 4.76. The molecule has 3 rings (SSSR count). The molecule has 0 radical (unpaired) electrons. The number of hydrogen-bond acceptors (Lipinski definition) is 2. The van der Waals surface area contributed by atoms with Crippen LogP contribution in [0.15, 0.2) is 42.5 Å². The number of fused-ring (bicyclic) bond motifs is 1. The molecule has 2 heteroatoms. The standard InChI is InChI=1S/C19H25NO/c1-20-18(16-9-3-2-4-10-16)14-21-19-13-7-11-15-8-5-6-12-17(15)19/h5-8,11-13,16,18,20H,2-4,9-10,14H2,1H3. The molecule has 21 heavy (non-hydrogen) atoms. The highest BCUT2D eigenvalue weighted by atomic mass is 16.5. The average molecular weight is 283 g/mol. The molecule has 1 fully saturated rings. The zero-order valence-electron chi connectivity index (χ0n) is 12.8. The lowest BCUT2D eigenvalue weighted by Gasteiger charge is -2.30. The smallest absolute Gasteiger partial charge is 0.127 e. The Labute approximate surface area is 127 Å². The summed E-state index contributed by atoms with van der Waals surface area (Å²) in [5, 5.41) is 5.92. The molecule has 2 nitrogen and oxygen atoms in total. The summed E-state index contributed by atoms with van der Waals surface area (Å²) in [5.41, 5.74) is 0. The second kappa shape index (κ2) is 6.95. The number of hydrogen-bond donors (Lipinski definition) is 1. The minimum absolute atomic E-state index is 0.462. The lowest BCUT2D eigenvalue weighted by Crippen LogP contribution is -2.39. The van der Waals surface area contributed by atoms with Gasteiger partial charge in [-0.3, -0.25) is 0 Å². The summed E-state index contributed by atoms with van der Waals surface area (Å²) in [5.74, 6) is 1.77. The van der Waals surface area contributed by atoms with E-state index in [9.17, 15) is 0 Å². The Hall–Kier alpha value is -1.54. The number of ether oxygens (including phenoxy) is 1. The molecule has 1 atom stereocenters. The number of likely N-dealkylation sites (N-methyl/N-ethyl adjacent to an activating group) is 1. The Morgan fingerprint density at radius 1 is 1.05 bits per heavy atom. The van der Waals surface area contributed by atoms with E-state index in [2.05, 4.69) is 54.8 Å². The molecule has 1 saturated carbocycles. The van der Waals surface area contributed by atoms with E-state index in [0.29, 0.717) is 6.04 Å². The maximum atomic E-state index is 6.16. The molecule has 1 aliphatic rings. The van der Waals surface area contributed by atoms with Gasteiger partial charge in [-0.1, -0.05) is 55.7 Å².